The van der Waals surface area contributed by atoms with Crippen LogP contribution in [0.15, 0.2) is 24.3 Å². The van der Waals surface area contributed by atoms with Crippen LogP contribution in [-0.4, -0.2) is 47.4 Å². The first kappa shape index (κ1) is 18.1. The molecule has 1 aromatic carbocycles. The van der Waals surface area contributed by atoms with E-state index in [2.05, 4.69) is 5.32 Å². The standard InChI is InChI=1S/C18H24N2O4/c1-12(2)19-15(21)9-10-24-11-18(3,4)20-16(22)13-7-5-6-8-14(13)17(20)23/h5-8,12H,9-11H2,1-4H3,(H,19,21). The molecule has 1 N–H and O–H groups in total. The minimum Gasteiger partial charge on any atom is -0.378 e. The van der Waals surface area contributed by atoms with Gasteiger partial charge >= 0.3 is 0 Å². The van der Waals surface area contributed by atoms with Gasteiger partial charge in [0.05, 0.1) is 29.9 Å². The number of hydrogen-bond donors (Lipinski definition) is 1. The third kappa shape index (κ3) is 3.82. The molecule has 0 radical (unpaired) electrons. The number of carbonyl (C=O) groups excluding carboxylic acids is 3. The summed E-state index contributed by atoms with van der Waals surface area (Å²) < 4.78 is 5.55. The number of nitrogens with one attached hydrogen (secondary N) is 1. The van der Waals surface area contributed by atoms with Gasteiger partial charge in [-0.1, -0.05) is 12.1 Å². The maximum atomic E-state index is 12.5. The van der Waals surface area contributed by atoms with Crippen LogP contribution in [0.2, 0.25) is 0 Å². The smallest absolute Gasteiger partial charge is 0.262 e. The Morgan fingerprint density at radius 3 is 2.21 bits per heavy atom. The minimum atomic E-state index is -0.790. The molecule has 130 valence electrons. The fourth-order valence-corrected chi connectivity index (χ4v) is 2.68. The SMILES string of the molecule is CC(C)NC(=O)CCOCC(C)(C)N1C(=O)c2ccccc2C1=O. The fraction of sp³-hybridized carbons (Fsp3) is 0.500. The van der Waals surface area contributed by atoms with Gasteiger partial charge in [-0.25, -0.2) is 0 Å². The number of imide groups is 1. The number of ether oxygens (including phenoxy) is 1. The van der Waals surface area contributed by atoms with Gasteiger partial charge in [-0.15, -0.1) is 0 Å². The molecule has 6 nitrogen and oxygen atoms in total. The first-order chi connectivity index (χ1) is 11.2. The van der Waals surface area contributed by atoms with Gasteiger partial charge in [0, 0.05) is 12.5 Å². The average Bonchev–Trinajstić information content (AvgIpc) is 2.76. The van der Waals surface area contributed by atoms with Crippen LogP contribution in [0.1, 0.15) is 54.8 Å². The largest absolute Gasteiger partial charge is 0.378 e. The third-order valence-corrected chi connectivity index (χ3v) is 3.78. The summed E-state index contributed by atoms with van der Waals surface area (Å²) in [6, 6.07) is 6.88. The van der Waals surface area contributed by atoms with E-state index in [1.807, 2.05) is 13.8 Å². The zero-order valence-electron chi connectivity index (χ0n) is 14.6. The van der Waals surface area contributed by atoms with Crippen LogP contribution in [0.25, 0.3) is 0 Å². The topological polar surface area (TPSA) is 75.7 Å². The maximum absolute atomic E-state index is 12.5. The van der Waals surface area contributed by atoms with Crippen LogP contribution in [0, 0.1) is 0 Å². The summed E-state index contributed by atoms with van der Waals surface area (Å²) in [5.74, 6) is -0.688. The average molecular weight is 332 g/mol. The van der Waals surface area contributed by atoms with Crippen LogP contribution in [-0.2, 0) is 9.53 Å². The second kappa shape index (κ2) is 7.13. The number of nitrogens with zero attached hydrogens (tertiary/aromatic N) is 1. The predicted molar refractivity (Wildman–Crippen MR) is 89.7 cm³/mol. The van der Waals surface area contributed by atoms with Gasteiger partial charge in [-0.2, -0.15) is 0 Å². The highest BCUT2D eigenvalue weighted by atomic mass is 16.5. The van der Waals surface area contributed by atoms with Crippen molar-refractivity contribution >= 4 is 17.7 Å². The Bertz CT molecular complexity index is 617. The van der Waals surface area contributed by atoms with Crippen molar-refractivity contribution in [1.82, 2.24) is 10.2 Å². The Morgan fingerprint density at radius 1 is 1.17 bits per heavy atom. The summed E-state index contributed by atoms with van der Waals surface area (Å²) in [5.41, 5.74) is 0.0561. The predicted octanol–water partition coefficient (Wildman–Crippen LogP) is 1.99. The Labute approximate surface area is 142 Å². The first-order valence-corrected chi connectivity index (χ1v) is 8.09. The van der Waals surface area contributed by atoms with E-state index in [1.54, 1.807) is 38.1 Å². The zero-order valence-corrected chi connectivity index (χ0v) is 14.6. The van der Waals surface area contributed by atoms with Crippen LogP contribution in [0.3, 0.4) is 0 Å². The Kier molecular flexibility index (Phi) is 5.39. The summed E-state index contributed by atoms with van der Waals surface area (Å²) in [5, 5.41) is 2.78. The number of benzene rings is 1. The highest BCUT2D eigenvalue weighted by molar-refractivity contribution is 6.21. The molecular formula is C18H24N2O4. The molecule has 0 bridgehead atoms. The molecule has 0 unspecified atom stereocenters. The van der Waals surface area contributed by atoms with Gasteiger partial charge in [-0.05, 0) is 39.8 Å². The van der Waals surface area contributed by atoms with Crippen molar-refractivity contribution in [3.63, 3.8) is 0 Å². The Morgan fingerprint density at radius 2 is 1.71 bits per heavy atom. The van der Waals surface area contributed by atoms with Crippen molar-refractivity contribution in [1.29, 1.82) is 0 Å². The molecule has 0 saturated carbocycles. The monoisotopic (exact) mass is 332 g/mol. The molecule has 1 aromatic rings. The van der Waals surface area contributed by atoms with Crippen molar-refractivity contribution in [2.75, 3.05) is 13.2 Å². The van der Waals surface area contributed by atoms with Crippen molar-refractivity contribution < 1.29 is 19.1 Å². The minimum absolute atomic E-state index is 0.0801. The fourth-order valence-electron chi connectivity index (χ4n) is 2.68. The second-order valence-electron chi connectivity index (χ2n) is 6.83. The lowest BCUT2D eigenvalue weighted by Gasteiger charge is -2.33. The Hall–Kier alpha value is -2.21. The molecule has 3 amide bonds. The van der Waals surface area contributed by atoms with Crippen molar-refractivity contribution in [3.05, 3.63) is 35.4 Å². The van der Waals surface area contributed by atoms with Gasteiger partial charge in [-0.3, -0.25) is 19.3 Å². The summed E-state index contributed by atoms with van der Waals surface area (Å²) in [7, 11) is 0. The van der Waals surface area contributed by atoms with Crippen LogP contribution in [0.5, 0.6) is 0 Å². The van der Waals surface area contributed by atoms with Crippen molar-refractivity contribution in [3.8, 4) is 0 Å². The normalized spacial score (nSPS) is 14.3. The van der Waals surface area contributed by atoms with Crippen LogP contribution < -0.4 is 5.32 Å². The molecule has 0 saturated heterocycles. The molecule has 1 heterocycles. The zero-order chi connectivity index (χ0) is 17.9. The molecule has 1 aliphatic rings. The molecule has 6 heteroatoms. The molecule has 0 spiro atoms. The molecule has 0 aliphatic carbocycles. The van der Waals surface area contributed by atoms with E-state index in [9.17, 15) is 14.4 Å². The lowest BCUT2D eigenvalue weighted by molar-refractivity contribution is -0.123. The molecule has 24 heavy (non-hydrogen) atoms. The molecule has 1 aliphatic heterocycles. The van der Waals surface area contributed by atoms with Crippen LogP contribution in [0.4, 0.5) is 0 Å². The van der Waals surface area contributed by atoms with Crippen molar-refractivity contribution in [2.24, 2.45) is 0 Å². The van der Waals surface area contributed by atoms with E-state index in [-0.39, 0.29) is 43.4 Å². The molecule has 2 rings (SSSR count). The van der Waals surface area contributed by atoms with Crippen LogP contribution >= 0.6 is 0 Å². The first-order valence-electron chi connectivity index (χ1n) is 8.09. The van der Waals surface area contributed by atoms with Gasteiger partial charge in [0.25, 0.3) is 11.8 Å². The van der Waals surface area contributed by atoms with E-state index in [4.69, 9.17) is 4.74 Å². The lowest BCUT2D eigenvalue weighted by Crippen LogP contribution is -2.50. The third-order valence-electron chi connectivity index (χ3n) is 3.78. The Balaban J connectivity index is 1.93. The molecule has 0 atom stereocenters. The maximum Gasteiger partial charge on any atom is 0.262 e. The molecule has 0 fully saturated rings. The molecule has 0 aromatic heterocycles. The van der Waals surface area contributed by atoms with Gasteiger partial charge in [0.15, 0.2) is 0 Å². The van der Waals surface area contributed by atoms with Crippen molar-refractivity contribution in [2.45, 2.75) is 45.7 Å². The van der Waals surface area contributed by atoms with E-state index in [1.165, 1.54) is 4.90 Å². The highest BCUT2D eigenvalue weighted by Crippen LogP contribution is 2.29. The number of rotatable bonds is 7. The van der Waals surface area contributed by atoms with E-state index in [0.717, 1.165) is 0 Å². The quantitative estimate of drug-likeness (QED) is 0.612. The summed E-state index contributed by atoms with van der Waals surface area (Å²) in [6.45, 7) is 7.76. The van der Waals surface area contributed by atoms with E-state index >= 15 is 0 Å². The molecular weight excluding hydrogens is 308 g/mol. The summed E-state index contributed by atoms with van der Waals surface area (Å²) in [6.07, 6.45) is 0.246. The van der Waals surface area contributed by atoms with Gasteiger partial charge < -0.3 is 10.1 Å². The highest BCUT2D eigenvalue weighted by Gasteiger charge is 2.43. The van der Waals surface area contributed by atoms with Gasteiger partial charge in [0.1, 0.15) is 0 Å². The van der Waals surface area contributed by atoms with E-state index in [0.29, 0.717) is 11.1 Å². The number of amides is 3. The summed E-state index contributed by atoms with van der Waals surface area (Å²) >= 11 is 0. The number of carbonyl (C=O) groups is 3. The summed E-state index contributed by atoms with van der Waals surface area (Å²) in [4.78, 5) is 37.8. The van der Waals surface area contributed by atoms with Gasteiger partial charge in [0.2, 0.25) is 5.91 Å². The van der Waals surface area contributed by atoms with E-state index < -0.39 is 5.54 Å². The number of hydrogen-bond acceptors (Lipinski definition) is 4. The second-order valence-corrected chi connectivity index (χ2v) is 6.83. The lowest BCUT2D eigenvalue weighted by atomic mass is 10.0. The number of fused-ring (bicyclic) bond motifs is 1.